The van der Waals surface area contributed by atoms with Crippen LogP contribution < -0.4 is 14.8 Å². The first-order chi connectivity index (χ1) is 11.7. The second-order valence-electron chi connectivity index (χ2n) is 5.52. The molecule has 0 aromatic heterocycles. The SMILES string of the molecule is CN(CCCNS(=O)(=O)c1ccc(S(N)(=O)=O)cc1)c1ccccc1. The summed E-state index contributed by atoms with van der Waals surface area (Å²) in [5.74, 6) is 0. The molecule has 0 radical (unpaired) electrons. The van der Waals surface area contributed by atoms with Crippen molar-refractivity contribution in [3.63, 3.8) is 0 Å². The second-order valence-corrected chi connectivity index (χ2v) is 8.85. The van der Waals surface area contributed by atoms with Crippen LogP contribution in [0.1, 0.15) is 6.42 Å². The molecule has 0 amide bonds. The van der Waals surface area contributed by atoms with E-state index in [0.717, 1.165) is 5.69 Å². The highest BCUT2D eigenvalue weighted by Gasteiger charge is 2.15. The van der Waals surface area contributed by atoms with Crippen molar-refractivity contribution in [1.82, 2.24) is 4.72 Å². The van der Waals surface area contributed by atoms with Crippen LogP contribution in [-0.2, 0) is 20.0 Å². The molecular formula is C16H21N3O4S2. The zero-order valence-corrected chi connectivity index (χ0v) is 15.4. The first kappa shape index (κ1) is 19.4. The highest BCUT2D eigenvalue weighted by Crippen LogP contribution is 2.14. The first-order valence-electron chi connectivity index (χ1n) is 7.59. The van der Waals surface area contributed by atoms with Gasteiger partial charge in [0.15, 0.2) is 0 Å². The molecule has 0 fully saturated rings. The zero-order valence-electron chi connectivity index (χ0n) is 13.8. The third-order valence-corrected chi connectivity index (χ3v) is 6.03. The Balaban J connectivity index is 1.89. The van der Waals surface area contributed by atoms with Gasteiger partial charge in [-0.05, 0) is 42.8 Å². The van der Waals surface area contributed by atoms with Crippen LogP contribution in [-0.4, -0.2) is 37.0 Å². The Bertz CT molecular complexity index is 896. The average molecular weight is 383 g/mol. The molecule has 25 heavy (non-hydrogen) atoms. The van der Waals surface area contributed by atoms with Crippen molar-refractivity contribution >= 4 is 25.7 Å². The topological polar surface area (TPSA) is 110 Å². The predicted octanol–water partition coefficient (Wildman–Crippen LogP) is 1.14. The van der Waals surface area contributed by atoms with E-state index in [2.05, 4.69) is 4.72 Å². The summed E-state index contributed by atoms with van der Waals surface area (Å²) in [6, 6.07) is 14.6. The summed E-state index contributed by atoms with van der Waals surface area (Å²) >= 11 is 0. The number of nitrogens with zero attached hydrogens (tertiary/aromatic N) is 1. The minimum absolute atomic E-state index is 0.00341. The lowest BCUT2D eigenvalue weighted by Crippen LogP contribution is -2.28. The quantitative estimate of drug-likeness (QED) is 0.664. The third kappa shape index (κ3) is 5.53. The minimum Gasteiger partial charge on any atom is -0.375 e. The third-order valence-electron chi connectivity index (χ3n) is 3.62. The molecule has 2 aromatic rings. The van der Waals surface area contributed by atoms with Gasteiger partial charge in [0.05, 0.1) is 9.79 Å². The minimum atomic E-state index is -3.84. The second kappa shape index (κ2) is 7.96. The number of sulfonamides is 2. The lowest BCUT2D eigenvalue weighted by molar-refractivity contribution is 0.578. The largest absolute Gasteiger partial charge is 0.375 e. The van der Waals surface area contributed by atoms with E-state index in [1.165, 1.54) is 24.3 Å². The van der Waals surface area contributed by atoms with E-state index >= 15 is 0 Å². The van der Waals surface area contributed by atoms with Crippen LogP contribution in [0.15, 0.2) is 64.4 Å². The van der Waals surface area contributed by atoms with Crippen LogP contribution in [0.5, 0.6) is 0 Å². The summed E-state index contributed by atoms with van der Waals surface area (Å²) in [5.41, 5.74) is 1.06. The fraction of sp³-hybridized carbons (Fsp3) is 0.250. The summed E-state index contributed by atoms with van der Waals surface area (Å²) < 4.78 is 49.3. The van der Waals surface area contributed by atoms with Gasteiger partial charge >= 0.3 is 0 Å². The van der Waals surface area contributed by atoms with Crippen molar-refractivity contribution < 1.29 is 16.8 Å². The fourth-order valence-electron chi connectivity index (χ4n) is 2.23. The van der Waals surface area contributed by atoms with E-state index in [0.29, 0.717) is 13.0 Å². The Kier molecular flexibility index (Phi) is 6.17. The van der Waals surface area contributed by atoms with Gasteiger partial charge in [0.1, 0.15) is 0 Å². The van der Waals surface area contributed by atoms with Crippen LogP contribution in [0.4, 0.5) is 5.69 Å². The summed E-state index contributed by atoms with van der Waals surface area (Å²) in [4.78, 5) is 1.90. The summed E-state index contributed by atoms with van der Waals surface area (Å²) in [5, 5.41) is 4.99. The molecule has 0 aliphatic rings. The van der Waals surface area contributed by atoms with Crippen molar-refractivity contribution in [2.45, 2.75) is 16.2 Å². The number of primary sulfonamides is 1. The Labute approximate surface area is 148 Å². The van der Waals surface area contributed by atoms with Crippen molar-refractivity contribution in [3.05, 3.63) is 54.6 Å². The van der Waals surface area contributed by atoms with Gasteiger partial charge < -0.3 is 4.90 Å². The van der Waals surface area contributed by atoms with Crippen molar-refractivity contribution in [3.8, 4) is 0 Å². The van der Waals surface area contributed by atoms with Gasteiger partial charge in [-0.15, -0.1) is 0 Å². The molecule has 0 spiro atoms. The first-order valence-corrected chi connectivity index (χ1v) is 10.6. The Hall–Kier alpha value is -1.94. The van der Waals surface area contributed by atoms with Gasteiger partial charge in [0.25, 0.3) is 0 Å². The molecule has 2 aromatic carbocycles. The monoisotopic (exact) mass is 383 g/mol. The van der Waals surface area contributed by atoms with E-state index < -0.39 is 20.0 Å². The molecule has 2 rings (SSSR count). The maximum Gasteiger partial charge on any atom is 0.240 e. The van der Waals surface area contributed by atoms with Gasteiger partial charge in [-0.25, -0.2) is 26.7 Å². The molecule has 7 nitrogen and oxygen atoms in total. The average Bonchev–Trinajstić information content (AvgIpc) is 2.58. The molecule has 0 aliphatic carbocycles. The Morgan fingerprint density at radius 1 is 0.920 bits per heavy atom. The Morgan fingerprint density at radius 2 is 1.48 bits per heavy atom. The molecule has 0 bridgehead atoms. The van der Waals surface area contributed by atoms with Crippen LogP contribution in [0, 0.1) is 0 Å². The number of rotatable bonds is 8. The summed E-state index contributed by atoms with van der Waals surface area (Å²) in [6.45, 7) is 0.966. The van der Waals surface area contributed by atoms with Crippen LogP contribution in [0.2, 0.25) is 0 Å². The predicted molar refractivity (Wildman–Crippen MR) is 97.3 cm³/mol. The summed E-state index contributed by atoms with van der Waals surface area (Å²) in [7, 11) is -5.59. The van der Waals surface area contributed by atoms with Gasteiger partial charge in [-0.2, -0.15) is 0 Å². The van der Waals surface area contributed by atoms with Crippen LogP contribution >= 0.6 is 0 Å². The number of nitrogens with two attached hydrogens (primary N) is 1. The van der Waals surface area contributed by atoms with E-state index in [-0.39, 0.29) is 16.3 Å². The normalized spacial score (nSPS) is 12.1. The molecule has 0 aliphatic heterocycles. The van der Waals surface area contributed by atoms with E-state index in [4.69, 9.17) is 5.14 Å². The zero-order chi connectivity index (χ0) is 18.5. The van der Waals surface area contributed by atoms with Crippen LogP contribution in [0.3, 0.4) is 0 Å². The highest BCUT2D eigenvalue weighted by atomic mass is 32.2. The van der Waals surface area contributed by atoms with Crippen LogP contribution in [0.25, 0.3) is 0 Å². The Morgan fingerprint density at radius 3 is 2.04 bits per heavy atom. The van der Waals surface area contributed by atoms with Crippen molar-refractivity contribution in [1.29, 1.82) is 0 Å². The molecule has 0 unspecified atom stereocenters. The number of hydrogen-bond acceptors (Lipinski definition) is 5. The lowest BCUT2D eigenvalue weighted by atomic mass is 10.3. The maximum absolute atomic E-state index is 12.2. The molecular weight excluding hydrogens is 362 g/mol. The standard InChI is InChI=1S/C16H21N3O4S2/c1-19(14-6-3-2-4-7-14)13-5-12-18-25(22,23)16-10-8-15(9-11-16)24(17,20)21/h2-4,6-11,18H,5,12-13H2,1H3,(H2,17,20,21). The molecule has 0 saturated heterocycles. The number of anilines is 1. The van der Waals surface area contributed by atoms with Gasteiger partial charge in [0, 0.05) is 25.8 Å². The van der Waals surface area contributed by atoms with E-state index in [1.807, 2.05) is 42.3 Å². The number of hydrogen-bond donors (Lipinski definition) is 2. The van der Waals surface area contributed by atoms with Crippen molar-refractivity contribution in [2.75, 3.05) is 25.0 Å². The lowest BCUT2D eigenvalue weighted by Gasteiger charge is -2.19. The van der Waals surface area contributed by atoms with Crippen molar-refractivity contribution in [2.24, 2.45) is 5.14 Å². The van der Waals surface area contributed by atoms with E-state index in [9.17, 15) is 16.8 Å². The molecule has 0 saturated carbocycles. The summed E-state index contributed by atoms with van der Waals surface area (Å²) in [6.07, 6.45) is 0.625. The molecule has 9 heteroatoms. The molecule has 136 valence electrons. The highest BCUT2D eigenvalue weighted by molar-refractivity contribution is 7.89. The molecule has 0 atom stereocenters. The van der Waals surface area contributed by atoms with Gasteiger partial charge in [0.2, 0.25) is 20.0 Å². The maximum atomic E-state index is 12.2. The number of nitrogens with one attached hydrogen (secondary N) is 1. The molecule has 0 heterocycles. The van der Waals surface area contributed by atoms with Gasteiger partial charge in [-0.3, -0.25) is 0 Å². The smallest absolute Gasteiger partial charge is 0.240 e. The molecule has 3 N–H and O–H groups in total. The van der Waals surface area contributed by atoms with Gasteiger partial charge in [-0.1, -0.05) is 18.2 Å². The number of benzene rings is 2. The number of para-hydroxylation sites is 1. The van der Waals surface area contributed by atoms with E-state index in [1.54, 1.807) is 0 Å². The fourth-order valence-corrected chi connectivity index (χ4v) is 3.82.